The second-order valence-corrected chi connectivity index (χ2v) is 6.38. The molecule has 0 aliphatic rings. The number of nitrogens with one attached hydrogen (secondary N) is 1. The molecule has 2 rings (SSSR count). The second-order valence-electron chi connectivity index (χ2n) is 6.38. The zero-order valence-electron chi connectivity index (χ0n) is 16.0. The Bertz CT molecular complexity index is 826. The summed E-state index contributed by atoms with van der Waals surface area (Å²) in [6, 6.07) is 4.96. The minimum Gasteiger partial charge on any atom is -0.478 e. The number of nitrogens with zero attached hydrogens (tertiary/aromatic N) is 3. The topological polar surface area (TPSA) is 87.5 Å². The van der Waals surface area contributed by atoms with Crippen molar-refractivity contribution in [3.05, 3.63) is 40.7 Å². The first-order valence-corrected chi connectivity index (χ1v) is 8.62. The van der Waals surface area contributed by atoms with Crippen molar-refractivity contribution in [3.63, 3.8) is 0 Å². The summed E-state index contributed by atoms with van der Waals surface area (Å²) in [5.41, 5.74) is 4.57. The average Bonchev–Trinajstić information content (AvgIpc) is 2.84. The van der Waals surface area contributed by atoms with E-state index in [1.807, 2.05) is 37.5 Å². The van der Waals surface area contributed by atoms with Gasteiger partial charge in [0.2, 0.25) is 5.91 Å². The van der Waals surface area contributed by atoms with Crippen molar-refractivity contribution in [2.75, 3.05) is 23.8 Å². The number of carboxylic acid groups (broad SMARTS) is 1. The first kappa shape index (κ1) is 19.5. The lowest BCUT2D eigenvalue weighted by atomic mass is 10.1. The first-order chi connectivity index (χ1) is 12.2. The Morgan fingerprint density at radius 3 is 2.54 bits per heavy atom. The SMILES string of the molecule is CCC(=O)Nc1ccc(N(C)CCc2c(C)nn(C)c2C)c(C(=O)O)c1. The number of aromatic nitrogens is 2. The van der Waals surface area contributed by atoms with Gasteiger partial charge in [-0.05, 0) is 44.0 Å². The molecule has 0 saturated carbocycles. The van der Waals surface area contributed by atoms with Crippen LogP contribution in [-0.2, 0) is 18.3 Å². The summed E-state index contributed by atoms with van der Waals surface area (Å²) in [6.45, 7) is 6.42. The van der Waals surface area contributed by atoms with Gasteiger partial charge in [0.25, 0.3) is 0 Å². The molecule has 7 heteroatoms. The predicted octanol–water partition coefficient (Wildman–Crippen LogP) is 2.76. The van der Waals surface area contributed by atoms with Gasteiger partial charge in [-0.1, -0.05) is 6.92 Å². The fraction of sp³-hybridized carbons (Fsp3) is 0.421. The van der Waals surface area contributed by atoms with Crippen molar-refractivity contribution in [3.8, 4) is 0 Å². The van der Waals surface area contributed by atoms with Crippen molar-refractivity contribution in [2.45, 2.75) is 33.6 Å². The molecule has 1 amide bonds. The van der Waals surface area contributed by atoms with Crippen molar-refractivity contribution in [2.24, 2.45) is 7.05 Å². The molecule has 0 fully saturated rings. The molecule has 1 aromatic heterocycles. The van der Waals surface area contributed by atoms with Crippen LogP contribution in [0.1, 0.15) is 40.7 Å². The van der Waals surface area contributed by atoms with Gasteiger partial charge >= 0.3 is 5.97 Å². The van der Waals surface area contributed by atoms with Crippen molar-refractivity contribution < 1.29 is 14.7 Å². The number of carbonyl (C=O) groups is 2. The van der Waals surface area contributed by atoms with E-state index in [9.17, 15) is 14.7 Å². The van der Waals surface area contributed by atoms with Gasteiger partial charge < -0.3 is 15.3 Å². The van der Waals surface area contributed by atoms with E-state index >= 15 is 0 Å². The molecule has 0 unspecified atom stereocenters. The largest absolute Gasteiger partial charge is 0.478 e. The molecule has 1 heterocycles. The van der Waals surface area contributed by atoms with Crippen LogP contribution in [0.3, 0.4) is 0 Å². The highest BCUT2D eigenvalue weighted by Gasteiger charge is 2.16. The molecule has 0 atom stereocenters. The van der Waals surface area contributed by atoms with Crippen LogP contribution in [-0.4, -0.2) is 40.4 Å². The van der Waals surface area contributed by atoms with Crippen LogP contribution in [0.4, 0.5) is 11.4 Å². The minimum absolute atomic E-state index is 0.148. The number of rotatable bonds is 7. The number of anilines is 2. The van der Waals surface area contributed by atoms with E-state index in [0.717, 1.165) is 17.8 Å². The van der Waals surface area contributed by atoms with Crippen LogP contribution in [0.15, 0.2) is 18.2 Å². The first-order valence-electron chi connectivity index (χ1n) is 8.62. The number of likely N-dealkylation sites (N-methyl/N-ethyl adjacent to an activating group) is 1. The van der Waals surface area contributed by atoms with Crippen molar-refractivity contribution in [1.82, 2.24) is 9.78 Å². The van der Waals surface area contributed by atoms with Gasteiger partial charge in [0.1, 0.15) is 0 Å². The fourth-order valence-electron chi connectivity index (χ4n) is 2.95. The smallest absolute Gasteiger partial charge is 0.337 e. The third-order valence-electron chi connectivity index (χ3n) is 4.60. The van der Waals surface area contributed by atoms with Gasteiger partial charge in [-0.2, -0.15) is 5.10 Å². The molecule has 0 aliphatic heterocycles. The third-order valence-corrected chi connectivity index (χ3v) is 4.60. The predicted molar refractivity (Wildman–Crippen MR) is 102 cm³/mol. The van der Waals surface area contributed by atoms with Crippen LogP contribution < -0.4 is 10.2 Å². The van der Waals surface area contributed by atoms with Crippen molar-refractivity contribution in [1.29, 1.82) is 0 Å². The Kier molecular flexibility index (Phi) is 6.02. The lowest BCUT2D eigenvalue weighted by Gasteiger charge is -2.22. The maximum atomic E-state index is 11.7. The summed E-state index contributed by atoms with van der Waals surface area (Å²) >= 11 is 0. The number of hydrogen-bond acceptors (Lipinski definition) is 4. The summed E-state index contributed by atoms with van der Waals surface area (Å²) in [4.78, 5) is 25.1. The molecule has 0 radical (unpaired) electrons. The van der Waals surface area contributed by atoms with Crippen LogP contribution in [0, 0.1) is 13.8 Å². The maximum Gasteiger partial charge on any atom is 0.337 e. The van der Waals surface area contributed by atoms with Gasteiger partial charge in [-0.25, -0.2) is 4.79 Å². The molecule has 0 saturated heterocycles. The zero-order chi connectivity index (χ0) is 19.4. The molecule has 1 aromatic carbocycles. The standard InChI is InChI=1S/C19H26N4O3/c1-6-18(24)20-14-7-8-17(16(11-14)19(25)26)22(4)10-9-15-12(2)21-23(5)13(15)3/h7-8,11H,6,9-10H2,1-5H3,(H,20,24)(H,25,26). The molecule has 2 aromatic rings. The maximum absolute atomic E-state index is 11.7. The summed E-state index contributed by atoms with van der Waals surface area (Å²) in [5.74, 6) is -1.17. The van der Waals surface area contributed by atoms with Crippen LogP contribution in [0.2, 0.25) is 0 Å². The second kappa shape index (κ2) is 8.03. The molecule has 0 spiro atoms. The molecule has 2 N–H and O–H groups in total. The number of aryl methyl sites for hydroxylation is 2. The van der Waals surface area contributed by atoms with E-state index in [-0.39, 0.29) is 11.5 Å². The van der Waals surface area contributed by atoms with Gasteiger partial charge in [0.05, 0.1) is 16.9 Å². The van der Waals surface area contributed by atoms with E-state index in [0.29, 0.717) is 24.3 Å². The summed E-state index contributed by atoms with van der Waals surface area (Å²) in [6.07, 6.45) is 1.11. The quantitative estimate of drug-likeness (QED) is 0.795. The zero-order valence-corrected chi connectivity index (χ0v) is 16.0. The van der Waals surface area contributed by atoms with Gasteiger partial charge in [0.15, 0.2) is 0 Å². The number of amides is 1. The Morgan fingerprint density at radius 2 is 2.00 bits per heavy atom. The highest BCUT2D eigenvalue weighted by molar-refractivity contribution is 5.98. The number of hydrogen-bond donors (Lipinski definition) is 2. The molecule has 140 valence electrons. The minimum atomic E-state index is -1.02. The van der Waals surface area contributed by atoms with Gasteiger partial charge in [-0.3, -0.25) is 9.48 Å². The number of carboxylic acids is 1. The van der Waals surface area contributed by atoms with E-state index in [2.05, 4.69) is 10.4 Å². The van der Waals surface area contributed by atoms with Crippen LogP contribution in [0.25, 0.3) is 0 Å². The molecular formula is C19H26N4O3. The highest BCUT2D eigenvalue weighted by Crippen LogP contribution is 2.25. The van der Waals surface area contributed by atoms with E-state index in [1.165, 1.54) is 11.6 Å². The summed E-state index contributed by atoms with van der Waals surface area (Å²) in [7, 11) is 3.79. The third kappa shape index (κ3) is 4.22. The van der Waals surface area contributed by atoms with Gasteiger partial charge in [0, 0.05) is 38.4 Å². The molecule has 0 aliphatic carbocycles. The summed E-state index contributed by atoms with van der Waals surface area (Å²) in [5, 5.41) is 16.7. The molecule has 26 heavy (non-hydrogen) atoms. The Morgan fingerprint density at radius 1 is 1.31 bits per heavy atom. The van der Waals surface area contributed by atoms with Crippen LogP contribution >= 0.6 is 0 Å². The molecule has 0 bridgehead atoms. The summed E-state index contributed by atoms with van der Waals surface area (Å²) < 4.78 is 1.86. The monoisotopic (exact) mass is 358 g/mol. The van der Waals surface area contributed by atoms with Crippen molar-refractivity contribution >= 4 is 23.3 Å². The lowest BCUT2D eigenvalue weighted by molar-refractivity contribution is -0.115. The number of benzene rings is 1. The van der Waals surface area contributed by atoms with E-state index in [4.69, 9.17) is 0 Å². The molecule has 7 nitrogen and oxygen atoms in total. The fourth-order valence-corrected chi connectivity index (χ4v) is 2.95. The van der Waals surface area contributed by atoms with E-state index in [1.54, 1.807) is 19.1 Å². The van der Waals surface area contributed by atoms with E-state index < -0.39 is 5.97 Å². The number of aromatic carboxylic acids is 1. The Balaban J connectivity index is 2.20. The van der Waals surface area contributed by atoms with Crippen LogP contribution in [0.5, 0.6) is 0 Å². The highest BCUT2D eigenvalue weighted by atomic mass is 16.4. The normalized spacial score (nSPS) is 10.7. The Labute approximate surface area is 153 Å². The van der Waals surface area contributed by atoms with Gasteiger partial charge in [-0.15, -0.1) is 0 Å². The average molecular weight is 358 g/mol. The lowest BCUT2D eigenvalue weighted by Crippen LogP contribution is -2.23. The number of carbonyl (C=O) groups excluding carboxylic acids is 1. The molecular weight excluding hydrogens is 332 g/mol. The Hall–Kier alpha value is -2.83.